The van der Waals surface area contributed by atoms with E-state index >= 15 is 0 Å². The lowest BCUT2D eigenvalue weighted by Crippen LogP contribution is -2.21. The van der Waals surface area contributed by atoms with E-state index in [0.717, 1.165) is 6.54 Å². The number of unbranched alkanes of at least 4 members (excludes halogenated alkanes) is 2. The second-order valence-corrected chi connectivity index (χ2v) is 4.47. The van der Waals surface area contributed by atoms with Crippen molar-refractivity contribution >= 4 is 0 Å². The zero-order valence-corrected chi connectivity index (χ0v) is 9.95. The van der Waals surface area contributed by atoms with E-state index in [1.165, 1.54) is 38.5 Å². The van der Waals surface area contributed by atoms with Gasteiger partial charge in [0.2, 0.25) is 0 Å². The highest BCUT2D eigenvalue weighted by Crippen LogP contribution is 2.31. The van der Waals surface area contributed by atoms with Gasteiger partial charge in [0.05, 0.1) is 0 Å². The van der Waals surface area contributed by atoms with Gasteiger partial charge in [-0.1, -0.05) is 46.5 Å². The summed E-state index contributed by atoms with van der Waals surface area (Å²) in [5.74, 6) is 0. The molecule has 80 valence electrons. The maximum Gasteiger partial charge on any atom is -0.00467 e. The molecule has 1 N–H and O–H groups in total. The summed E-state index contributed by atoms with van der Waals surface area (Å²) in [4.78, 5) is 0. The molecule has 0 aliphatic heterocycles. The van der Waals surface area contributed by atoms with Crippen LogP contribution in [0.4, 0.5) is 0 Å². The minimum atomic E-state index is 0.582. The molecule has 0 amide bonds. The largest absolute Gasteiger partial charge is 0.320 e. The minimum absolute atomic E-state index is 0.582. The Balaban J connectivity index is 3.67. The molecule has 0 heterocycles. The van der Waals surface area contributed by atoms with Gasteiger partial charge in [0.15, 0.2) is 0 Å². The van der Waals surface area contributed by atoms with Crippen LogP contribution in [0.15, 0.2) is 0 Å². The van der Waals surface area contributed by atoms with Crippen molar-refractivity contribution in [2.45, 2.75) is 59.3 Å². The van der Waals surface area contributed by atoms with Crippen LogP contribution >= 0.6 is 0 Å². The first-order valence-electron chi connectivity index (χ1n) is 5.83. The van der Waals surface area contributed by atoms with Gasteiger partial charge in [0.25, 0.3) is 0 Å². The van der Waals surface area contributed by atoms with E-state index in [9.17, 15) is 0 Å². The normalized spacial score (nSPS) is 15.7. The van der Waals surface area contributed by atoms with Crippen molar-refractivity contribution in [3.05, 3.63) is 0 Å². The lowest BCUT2D eigenvalue weighted by Gasteiger charge is -2.28. The van der Waals surface area contributed by atoms with Crippen LogP contribution in [0.5, 0.6) is 0 Å². The first kappa shape index (κ1) is 13.0. The Hall–Kier alpha value is -0.0400. The Kier molecular flexibility index (Phi) is 7.35. The minimum Gasteiger partial charge on any atom is -0.320 e. The third kappa shape index (κ3) is 6.09. The molecule has 0 rings (SSSR count). The Labute approximate surface area is 84.3 Å². The third-order valence-electron chi connectivity index (χ3n) is 3.22. The molecule has 13 heavy (non-hydrogen) atoms. The van der Waals surface area contributed by atoms with Gasteiger partial charge < -0.3 is 5.32 Å². The van der Waals surface area contributed by atoms with Crippen LogP contribution in [0.3, 0.4) is 0 Å². The highest BCUT2D eigenvalue weighted by atomic mass is 14.8. The summed E-state index contributed by atoms with van der Waals surface area (Å²) in [6.45, 7) is 8.19. The lowest BCUT2D eigenvalue weighted by molar-refractivity contribution is 0.250. The first-order valence-corrected chi connectivity index (χ1v) is 5.83. The number of rotatable bonds is 8. The van der Waals surface area contributed by atoms with E-state index in [1.807, 2.05) is 7.05 Å². The highest BCUT2D eigenvalue weighted by molar-refractivity contribution is 4.73. The lowest BCUT2D eigenvalue weighted by atomic mass is 9.79. The predicted octanol–water partition coefficient (Wildman–Crippen LogP) is 3.59. The number of hydrogen-bond acceptors (Lipinski definition) is 1. The maximum absolute atomic E-state index is 3.25. The average molecular weight is 185 g/mol. The third-order valence-corrected chi connectivity index (χ3v) is 3.22. The van der Waals surface area contributed by atoms with Gasteiger partial charge in [-0.25, -0.2) is 0 Å². The molecular formula is C12H27N. The van der Waals surface area contributed by atoms with Gasteiger partial charge in [-0.2, -0.15) is 0 Å². The highest BCUT2D eigenvalue weighted by Gasteiger charge is 2.20. The molecule has 0 saturated carbocycles. The van der Waals surface area contributed by atoms with E-state index < -0.39 is 0 Å². The van der Waals surface area contributed by atoms with Gasteiger partial charge in [-0.15, -0.1) is 0 Å². The molecule has 1 nitrogen and oxygen atoms in total. The van der Waals surface area contributed by atoms with Crippen molar-refractivity contribution in [1.29, 1.82) is 0 Å². The summed E-state index contributed by atoms with van der Waals surface area (Å²) in [5, 5.41) is 3.25. The van der Waals surface area contributed by atoms with Crippen LogP contribution in [-0.2, 0) is 0 Å². The molecule has 0 bridgehead atoms. The Morgan fingerprint density at radius 3 is 2.23 bits per heavy atom. The Morgan fingerprint density at radius 1 is 1.08 bits per heavy atom. The van der Waals surface area contributed by atoms with Crippen LogP contribution < -0.4 is 5.32 Å². The second-order valence-electron chi connectivity index (χ2n) is 4.47. The molecule has 1 atom stereocenters. The van der Waals surface area contributed by atoms with Crippen LogP contribution in [0, 0.1) is 5.41 Å². The van der Waals surface area contributed by atoms with E-state index in [1.54, 1.807) is 0 Å². The molecule has 0 fully saturated rings. The predicted molar refractivity (Wildman–Crippen MR) is 61.1 cm³/mol. The monoisotopic (exact) mass is 185 g/mol. The molecule has 0 aromatic rings. The van der Waals surface area contributed by atoms with Crippen molar-refractivity contribution in [2.75, 3.05) is 13.6 Å². The summed E-state index contributed by atoms with van der Waals surface area (Å²) in [6, 6.07) is 0. The molecule has 0 spiro atoms. The van der Waals surface area contributed by atoms with Crippen LogP contribution in [0.2, 0.25) is 0 Å². The van der Waals surface area contributed by atoms with Crippen LogP contribution in [0.25, 0.3) is 0 Å². The molecule has 1 unspecified atom stereocenters. The van der Waals surface area contributed by atoms with E-state index in [2.05, 4.69) is 26.1 Å². The summed E-state index contributed by atoms with van der Waals surface area (Å²) >= 11 is 0. The Bertz CT molecular complexity index is 112. The van der Waals surface area contributed by atoms with Gasteiger partial charge in [-0.05, 0) is 31.8 Å². The van der Waals surface area contributed by atoms with Crippen LogP contribution in [0.1, 0.15) is 59.3 Å². The van der Waals surface area contributed by atoms with Crippen molar-refractivity contribution in [3.8, 4) is 0 Å². The first-order chi connectivity index (χ1) is 6.18. The van der Waals surface area contributed by atoms with Crippen LogP contribution in [-0.4, -0.2) is 13.6 Å². The number of hydrogen-bond donors (Lipinski definition) is 1. The smallest absolute Gasteiger partial charge is 0.00467 e. The van der Waals surface area contributed by atoms with Gasteiger partial charge in [0, 0.05) is 0 Å². The fourth-order valence-electron chi connectivity index (χ4n) is 1.71. The molecule has 0 aromatic carbocycles. The summed E-state index contributed by atoms with van der Waals surface area (Å²) in [7, 11) is 2.04. The molecule has 0 aromatic heterocycles. The van der Waals surface area contributed by atoms with Crippen molar-refractivity contribution in [1.82, 2.24) is 5.32 Å². The molecule has 0 aliphatic carbocycles. The standard InChI is InChI=1S/C12H27N/c1-5-7-8-9-12(3,6-2)10-11-13-4/h13H,5-11H2,1-4H3. The summed E-state index contributed by atoms with van der Waals surface area (Å²) in [6.07, 6.45) is 8.19. The molecule has 0 radical (unpaired) electrons. The molecule has 0 aliphatic rings. The summed E-state index contributed by atoms with van der Waals surface area (Å²) < 4.78 is 0. The molecule has 0 saturated heterocycles. The van der Waals surface area contributed by atoms with E-state index in [4.69, 9.17) is 0 Å². The average Bonchev–Trinajstić information content (AvgIpc) is 2.15. The van der Waals surface area contributed by atoms with Crippen molar-refractivity contribution < 1.29 is 0 Å². The maximum atomic E-state index is 3.25. The second kappa shape index (κ2) is 7.37. The molecule has 1 heteroatoms. The number of nitrogens with one attached hydrogen (secondary N) is 1. The molecular weight excluding hydrogens is 158 g/mol. The van der Waals surface area contributed by atoms with Gasteiger partial charge in [-0.3, -0.25) is 0 Å². The Morgan fingerprint density at radius 2 is 1.77 bits per heavy atom. The van der Waals surface area contributed by atoms with Crippen molar-refractivity contribution in [3.63, 3.8) is 0 Å². The van der Waals surface area contributed by atoms with Crippen molar-refractivity contribution in [2.24, 2.45) is 5.41 Å². The fraction of sp³-hybridized carbons (Fsp3) is 1.00. The quantitative estimate of drug-likeness (QED) is 0.570. The van der Waals surface area contributed by atoms with Gasteiger partial charge >= 0.3 is 0 Å². The zero-order chi connectivity index (χ0) is 10.2. The zero-order valence-electron chi connectivity index (χ0n) is 9.95. The SMILES string of the molecule is CCCCCC(C)(CC)CCNC. The van der Waals surface area contributed by atoms with Gasteiger partial charge in [0.1, 0.15) is 0 Å². The van der Waals surface area contributed by atoms with E-state index in [-0.39, 0.29) is 0 Å². The van der Waals surface area contributed by atoms with E-state index in [0.29, 0.717) is 5.41 Å². The summed E-state index contributed by atoms with van der Waals surface area (Å²) in [5.41, 5.74) is 0.582. The topological polar surface area (TPSA) is 12.0 Å². The fourth-order valence-corrected chi connectivity index (χ4v) is 1.71.